The summed E-state index contributed by atoms with van der Waals surface area (Å²) in [6.45, 7) is 7.85. The molecule has 0 spiro atoms. The molecular weight excluding hydrogens is 200 g/mol. The molecule has 2 atom stereocenters. The Morgan fingerprint density at radius 2 is 2.31 bits per heavy atom. The molecule has 1 amide bonds. The van der Waals surface area contributed by atoms with E-state index in [9.17, 15) is 4.79 Å². The van der Waals surface area contributed by atoms with Gasteiger partial charge in [0.05, 0.1) is 6.54 Å². The Labute approximate surface area is 98.7 Å². The Morgan fingerprint density at radius 3 is 3.00 bits per heavy atom. The van der Waals surface area contributed by atoms with Gasteiger partial charge in [0, 0.05) is 6.54 Å². The molecule has 1 aliphatic carbocycles. The zero-order valence-corrected chi connectivity index (χ0v) is 10.3. The second-order valence-corrected chi connectivity index (χ2v) is 4.86. The smallest absolute Gasteiger partial charge is 0.234 e. The van der Waals surface area contributed by atoms with Gasteiger partial charge in [-0.25, -0.2) is 0 Å². The van der Waals surface area contributed by atoms with Gasteiger partial charge in [0.15, 0.2) is 0 Å². The highest BCUT2D eigenvalue weighted by Gasteiger charge is 2.18. The molecule has 0 aromatic heterocycles. The van der Waals surface area contributed by atoms with E-state index in [0.29, 0.717) is 13.1 Å². The van der Waals surface area contributed by atoms with Crippen LogP contribution in [0.1, 0.15) is 32.6 Å². The fourth-order valence-corrected chi connectivity index (χ4v) is 2.38. The normalized spacial score (nSPS) is 25.1. The summed E-state index contributed by atoms with van der Waals surface area (Å²) < 4.78 is 0. The van der Waals surface area contributed by atoms with Crippen molar-refractivity contribution in [3.05, 3.63) is 12.7 Å². The third kappa shape index (κ3) is 5.31. The average Bonchev–Trinajstić information content (AvgIpc) is 2.26. The molecule has 0 bridgehead atoms. The predicted molar refractivity (Wildman–Crippen MR) is 67.2 cm³/mol. The van der Waals surface area contributed by atoms with E-state index < -0.39 is 0 Å². The van der Waals surface area contributed by atoms with Gasteiger partial charge in [0.25, 0.3) is 0 Å². The van der Waals surface area contributed by atoms with E-state index in [1.807, 2.05) is 0 Å². The molecule has 2 unspecified atom stereocenters. The molecule has 0 heterocycles. The Hall–Kier alpha value is -0.830. The van der Waals surface area contributed by atoms with Crippen molar-refractivity contribution in [3.8, 4) is 0 Å². The maximum absolute atomic E-state index is 11.3. The summed E-state index contributed by atoms with van der Waals surface area (Å²) in [7, 11) is 0. The topological polar surface area (TPSA) is 41.1 Å². The van der Waals surface area contributed by atoms with Gasteiger partial charge in [-0.2, -0.15) is 0 Å². The molecule has 3 heteroatoms. The van der Waals surface area contributed by atoms with Gasteiger partial charge in [-0.15, -0.1) is 6.58 Å². The van der Waals surface area contributed by atoms with Gasteiger partial charge >= 0.3 is 0 Å². The van der Waals surface area contributed by atoms with Crippen LogP contribution in [0, 0.1) is 11.8 Å². The van der Waals surface area contributed by atoms with Gasteiger partial charge in [-0.05, 0) is 31.2 Å². The van der Waals surface area contributed by atoms with Crippen LogP contribution in [0.3, 0.4) is 0 Å². The van der Waals surface area contributed by atoms with Crippen molar-refractivity contribution in [2.75, 3.05) is 19.6 Å². The molecule has 92 valence electrons. The number of carbonyl (C=O) groups excluding carboxylic acids is 1. The van der Waals surface area contributed by atoms with Crippen molar-refractivity contribution in [1.82, 2.24) is 10.6 Å². The summed E-state index contributed by atoms with van der Waals surface area (Å²) in [6.07, 6.45) is 7.03. The molecule has 0 radical (unpaired) electrons. The Morgan fingerprint density at radius 1 is 1.50 bits per heavy atom. The standard InChI is InChI=1S/C13H24N2O/c1-3-7-15-13(16)10-14-9-12-6-4-5-11(2)8-12/h3,11-12,14H,1,4-10H2,2H3,(H,15,16). The van der Waals surface area contributed by atoms with E-state index in [1.165, 1.54) is 25.7 Å². The van der Waals surface area contributed by atoms with Crippen molar-refractivity contribution in [3.63, 3.8) is 0 Å². The van der Waals surface area contributed by atoms with Gasteiger partial charge in [0.2, 0.25) is 5.91 Å². The number of carbonyl (C=O) groups is 1. The maximum atomic E-state index is 11.3. The molecular formula is C13H24N2O. The summed E-state index contributed by atoms with van der Waals surface area (Å²) in [6, 6.07) is 0. The van der Waals surface area contributed by atoms with Crippen LogP contribution in [0.5, 0.6) is 0 Å². The monoisotopic (exact) mass is 224 g/mol. The molecule has 0 aromatic carbocycles. The first-order valence-corrected chi connectivity index (χ1v) is 6.30. The predicted octanol–water partition coefficient (Wildman–Crippen LogP) is 1.70. The summed E-state index contributed by atoms with van der Waals surface area (Å²) in [4.78, 5) is 11.3. The van der Waals surface area contributed by atoms with Crippen molar-refractivity contribution < 1.29 is 4.79 Å². The van der Waals surface area contributed by atoms with Crippen molar-refractivity contribution in [1.29, 1.82) is 0 Å². The molecule has 1 rings (SSSR count). The lowest BCUT2D eigenvalue weighted by molar-refractivity contribution is -0.120. The van der Waals surface area contributed by atoms with Crippen molar-refractivity contribution in [2.24, 2.45) is 11.8 Å². The van der Waals surface area contributed by atoms with Crippen molar-refractivity contribution in [2.45, 2.75) is 32.6 Å². The highest BCUT2D eigenvalue weighted by Crippen LogP contribution is 2.27. The fourth-order valence-electron chi connectivity index (χ4n) is 2.38. The van der Waals surface area contributed by atoms with Crippen LogP contribution in [0.2, 0.25) is 0 Å². The van der Waals surface area contributed by atoms with Crippen LogP contribution in [0.4, 0.5) is 0 Å². The molecule has 16 heavy (non-hydrogen) atoms. The second-order valence-electron chi connectivity index (χ2n) is 4.86. The lowest BCUT2D eigenvalue weighted by Crippen LogP contribution is -2.36. The zero-order chi connectivity index (χ0) is 11.8. The van der Waals surface area contributed by atoms with Gasteiger partial charge in [-0.1, -0.05) is 25.8 Å². The molecule has 1 saturated carbocycles. The van der Waals surface area contributed by atoms with Crippen LogP contribution >= 0.6 is 0 Å². The minimum Gasteiger partial charge on any atom is -0.352 e. The number of hydrogen-bond acceptors (Lipinski definition) is 2. The molecule has 0 saturated heterocycles. The minimum atomic E-state index is 0.0590. The summed E-state index contributed by atoms with van der Waals surface area (Å²) in [5.41, 5.74) is 0. The van der Waals surface area contributed by atoms with Crippen LogP contribution in [0.25, 0.3) is 0 Å². The summed E-state index contributed by atoms with van der Waals surface area (Å²) in [5.74, 6) is 1.68. The van der Waals surface area contributed by atoms with Crippen LogP contribution in [0.15, 0.2) is 12.7 Å². The molecule has 1 aliphatic rings. The Bertz CT molecular complexity index is 228. The maximum Gasteiger partial charge on any atom is 0.234 e. The van der Waals surface area contributed by atoms with Gasteiger partial charge in [-0.3, -0.25) is 4.79 Å². The number of amides is 1. The van der Waals surface area contributed by atoms with E-state index in [4.69, 9.17) is 0 Å². The summed E-state index contributed by atoms with van der Waals surface area (Å²) >= 11 is 0. The zero-order valence-electron chi connectivity index (χ0n) is 10.3. The van der Waals surface area contributed by atoms with E-state index in [1.54, 1.807) is 6.08 Å². The SMILES string of the molecule is C=CCNC(=O)CNCC1CCCC(C)C1. The van der Waals surface area contributed by atoms with Gasteiger partial charge in [0.1, 0.15) is 0 Å². The molecule has 2 N–H and O–H groups in total. The lowest BCUT2D eigenvalue weighted by Gasteiger charge is -2.26. The van der Waals surface area contributed by atoms with E-state index in [-0.39, 0.29) is 5.91 Å². The van der Waals surface area contributed by atoms with Crippen molar-refractivity contribution >= 4 is 5.91 Å². The molecule has 3 nitrogen and oxygen atoms in total. The number of nitrogens with one attached hydrogen (secondary N) is 2. The highest BCUT2D eigenvalue weighted by molar-refractivity contribution is 5.78. The van der Waals surface area contributed by atoms with Gasteiger partial charge < -0.3 is 10.6 Å². The largest absolute Gasteiger partial charge is 0.352 e. The Balaban J connectivity index is 2.05. The van der Waals surface area contributed by atoms with E-state index in [2.05, 4.69) is 24.1 Å². The quantitative estimate of drug-likeness (QED) is 0.674. The first kappa shape index (κ1) is 13.2. The lowest BCUT2D eigenvalue weighted by atomic mass is 9.82. The molecule has 1 fully saturated rings. The molecule has 0 aromatic rings. The second kappa shape index (κ2) is 7.44. The first-order valence-electron chi connectivity index (χ1n) is 6.30. The summed E-state index contributed by atoms with van der Waals surface area (Å²) in [5, 5.41) is 6.00. The van der Waals surface area contributed by atoms with E-state index >= 15 is 0 Å². The highest BCUT2D eigenvalue weighted by atomic mass is 16.1. The Kier molecular flexibility index (Phi) is 6.16. The third-order valence-corrected chi connectivity index (χ3v) is 3.21. The number of hydrogen-bond donors (Lipinski definition) is 2. The first-order chi connectivity index (χ1) is 7.72. The average molecular weight is 224 g/mol. The van der Waals surface area contributed by atoms with E-state index in [0.717, 1.165) is 18.4 Å². The van der Waals surface area contributed by atoms with Crippen LogP contribution in [-0.4, -0.2) is 25.5 Å². The molecule has 0 aliphatic heterocycles. The number of rotatable bonds is 6. The third-order valence-electron chi connectivity index (χ3n) is 3.21. The van der Waals surface area contributed by atoms with Crippen LogP contribution < -0.4 is 10.6 Å². The minimum absolute atomic E-state index is 0.0590. The fraction of sp³-hybridized carbons (Fsp3) is 0.769. The van der Waals surface area contributed by atoms with Crippen LogP contribution in [-0.2, 0) is 4.79 Å².